The van der Waals surface area contributed by atoms with Gasteiger partial charge in [0.1, 0.15) is 11.8 Å². The van der Waals surface area contributed by atoms with Gasteiger partial charge in [0.05, 0.1) is 7.11 Å². The van der Waals surface area contributed by atoms with Crippen molar-refractivity contribution in [3.05, 3.63) is 64.7 Å². The number of hydrogen-bond donors (Lipinski definition) is 1. The van der Waals surface area contributed by atoms with E-state index in [1.807, 2.05) is 30.9 Å². The molecule has 0 spiro atoms. The van der Waals surface area contributed by atoms with E-state index in [0.29, 0.717) is 29.6 Å². The number of methoxy groups -OCH3 is 1. The summed E-state index contributed by atoms with van der Waals surface area (Å²) in [5, 5.41) is 3.48. The first kappa shape index (κ1) is 21.2. The number of ether oxygens (including phenoxy) is 1. The van der Waals surface area contributed by atoms with Crippen molar-refractivity contribution in [2.24, 2.45) is 5.92 Å². The number of hydrogen-bond acceptors (Lipinski definition) is 3. The van der Waals surface area contributed by atoms with Crippen LogP contribution in [0.3, 0.4) is 0 Å². The van der Waals surface area contributed by atoms with E-state index in [1.165, 1.54) is 5.56 Å². The molecule has 1 heterocycles. The SMILES string of the molecule is COc1ccc(C2CCN(C(=O)C(NC(=O)c3ccc(Cl)cc3)C(C)C)C2)cc1. The Morgan fingerprint density at radius 3 is 2.34 bits per heavy atom. The van der Waals surface area contributed by atoms with Gasteiger partial charge in [-0.05, 0) is 54.3 Å². The lowest BCUT2D eigenvalue weighted by atomic mass is 9.98. The molecule has 2 unspecified atom stereocenters. The molecular weight excluding hydrogens is 388 g/mol. The monoisotopic (exact) mass is 414 g/mol. The maximum atomic E-state index is 13.2. The third-order valence-corrected chi connectivity index (χ3v) is 5.66. The van der Waals surface area contributed by atoms with E-state index in [-0.39, 0.29) is 17.7 Å². The molecule has 6 heteroatoms. The zero-order valence-electron chi connectivity index (χ0n) is 17.0. The smallest absolute Gasteiger partial charge is 0.251 e. The molecule has 2 amide bonds. The van der Waals surface area contributed by atoms with Crippen molar-refractivity contribution >= 4 is 23.4 Å². The Labute approximate surface area is 177 Å². The van der Waals surface area contributed by atoms with Crippen molar-refractivity contribution in [1.29, 1.82) is 0 Å². The number of amides is 2. The minimum atomic E-state index is -0.562. The van der Waals surface area contributed by atoms with Crippen molar-refractivity contribution in [2.45, 2.75) is 32.2 Å². The lowest BCUT2D eigenvalue weighted by molar-refractivity contribution is -0.133. The number of carbonyl (C=O) groups excluding carboxylic acids is 2. The predicted molar refractivity (Wildman–Crippen MR) is 114 cm³/mol. The first-order valence-corrected chi connectivity index (χ1v) is 10.3. The molecule has 0 bridgehead atoms. The molecule has 29 heavy (non-hydrogen) atoms. The predicted octanol–water partition coefficient (Wildman–Crippen LogP) is 4.12. The summed E-state index contributed by atoms with van der Waals surface area (Å²) >= 11 is 5.89. The highest BCUT2D eigenvalue weighted by molar-refractivity contribution is 6.30. The van der Waals surface area contributed by atoms with E-state index in [4.69, 9.17) is 16.3 Å². The van der Waals surface area contributed by atoms with Crippen LogP contribution in [0.5, 0.6) is 5.75 Å². The lowest BCUT2D eigenvalue weighted by Gasteiger charge is -2.27. The highest BCUT2D eigenvalue weighted by atomic mass is 35.5. The van der Waals surface area contributed by atoms with Crippen molar-refractivity contribution < 1.29 is 14.3 Å². The number of nitrogens with zero attached hydrogens (tertiary/aromatic N) is 1. The Hall–Kier alpha value is -2.53. The maximum Gasteiger partial charge on any atom is 0.251 e. The Balaban J connectivity index is 1.66. The van der Waals surface area contributed by atoms with E-state index in [1.54, 1.807) is 31.4 Å². The molecule has 154 valence electrons. The van der Waals surface area contributed by atoms with Gasteiger partial charge in [-0.1, -0.05) is 37.6 Å². The molecule has 2 aromatic carbocycles. The number of benzene rings is 2. The van der Waals surface area contributed by atoms with E-state index in [2.05, 4.69) is 17.4 Å². The third-order valence-electron chi connectivity index (χ3n) is 5.41. The molecule has 1 saturated heterocycles. The lowest BCUT2D eigenvalue weighted by Crippen LogP contribution is -2.50. The Bertz CT molecular complexity index is 849. The van der Waals surface area contributed by atoms with Crippen molar-refractivity contribution in [1.82, 2.24) is 10.2 Å². The van der Waals surface area contributed by atoms with Gasteiger partial charge >= 0.3 is 0 Å². The second kappa shape index (κ2) is 9.31. The number of likely N-dealkylation sites (tertiary alicyclic amines) is 1. The van der Waals surface area contributed by atoms with Gasteiger partial charge in [0, 0.05) is 29.6 Å². The number of rotatable bonds is 6. The molecular formula is C23H27ClN2O3. The minimum Gasteiger partial charge on any atom is -0.497 e. The largest absolute Gasteiger partial charge is 0.497 e. The van der Waals surface area contributed by atoms with Gasteiger partial charge < -0.3 is 15.0 Å². The molecule has 0 aromatic heterocycles. The van der Waals surface area contributed by atoms with E-state index in [0.717, 1.165) is 12.2 Å². The zero-order valence-corrected chi connectivity index (χ0v) is 17.8. The highest BCUT2D eigenvalue weighted by Gasteiger charge is 2.34. The topological polar surface area (TPSA) is 58.6 Å². The molecule has 0 saturated carbocycles. The zero-order chi connectivity index (χ0) is 21.0. The number of nitrogens with one attached hydrogen (secondary N) is 1. The van der Waals surface area contributed by atoms with Crippen LogP contribution in [-0.2, 0) is 4.79 Å². The van der Waals surface area contributed by atoms with Crippen LogP contribution in [0, 0.1) is 5.92 Å². The summed E-state index contributed by atoms with van der Waals surface area (Å²) in [6.07, 6.45) is 0.911. The Morgan fingerprint density at radius 1 is 1.10 bits per heavy atom. The molecule has 3 rings (SSSR count). The average molecular weight is 415 g/mol. The summed E-state index contributed by atoms with van der Waals surface area (Å²) in [7, 11) is 1.65. The molecule has 1 aliphatic heterocycles. The summed E-state index contributed by atoms with van der Waals surface area (Å²) in [4.78, 5) is 27.6. The van der Waals surface area contributed by atoms with E-state index < -0.39 is 6.04 Å². The number of carbonyl (C=O) groups is 2. The van der Waals surface area contributed by atoms with Gasteiger partial charge in [-0.2, -0.15) is 0 Å². The first-order chi connectivity index (χ1) is 13.9. The second-order valence-corrected chi connectivity index (χ2v) is 8.18. The Kier molecular flexibility index (Phi) is 6.80. The molecule has 1 aliphatic rings. The van der Waals surface area contributed by atoms with Gasteiger partial charge in [0.2, 0.25) is 5.91 Å². The molecule has 0 aliphatic carbocycles. The maximum absolute atomic E-state index is 13.2. The van der Waals surface area contributed by atoms with Crippen molar-refractivity contribution in [3.63, 3.8) is 0 Å². The van der Waals surface area contributed by atoms with Crippen LogP contribution in [0.25, 0.3) is 0 Å². The average Bonchev–Trinajstić information content (AvgIpc) is 3.22. The highest BCUT2D eigenvalue weighted by Crippen LogP contribution is 2.29. The van der Waals surface area contributed by atoms with Crippen LogP contribution in [0.2, 0.25) is 5.02 Å². The Morgan fingerprint density at radius 2 is 1.76 bits per heavy atom. The molecule has 2 atom stereocenters. The summed E-state index contributed by atoms with van der Waals surface area (Å²) in [5.41, 5.74) is 1.69. The summed E-state index contributed by atoms with van der Waals surface area (Å²) in [6.45, 7) is 5.24. The van der Waals surface area contributed by atoms with Crippen LogP contribution in [0.15, 0.2) is 48.5 Å². The van der Waals surface area contributed by atoms with Crippen LogP contribution in [-0.4, -0.2) is 43.0 Å². The minimum absolute atomic E-state index is 0.0150. The number of halogens is 1. The standard InChI is InChI=1S/C23H27ClN2O3/c1-15(2)21(25-22(27)17-4-8-19(24)9-5-17)23(28)26-13-12-18(14-26)16-6-10-20(29-3)11-7-16/h4-11,15,18,21H,12-14H2,1-3H3,(H,25,27). The van der Waals surface area contributed by atoms with Gasteiger partial charge in [-0.15, -0.1) is 0 Å². The van der Waals surface area contributed by atoms with Gasteiger partial charge in [-0.25, -0.2) is 0 Å². The van der Waals surface area contributed by atoms with Crippen LogP contribution in [0.1, 0.15) is 42.1 Å². The van der Waals surface area contributed by atoms with Crippen molar-refractivity contribution in [3.8, 4) is 5.75 Å². The third kappa shape index (κ3) is 5.10. The van der Waals surface area contributed by atoms with E-state index in [9.17, 15) is 9.59 Å². The quantitative estimate of drug-likeness (QED) is 0.773. The second-order valence-electron chi connectivity index (χ2n) is 7.75. The van der Waals surface area contributed by atoms with Gasteiger partial charge in [0.25, 0.3) is 5.91 Å². The molecule has 5 nitrogen and oxygen atoms in total. The summed E-state index contributed by atoms with van der Waals surface area (Å²) in [6, 6.07) is 14.1. The fraction of sp³-hybridized carbons (Fsp3) is 0.391. The molecule has 1 fully saturated rings. The van der Waals surface area contributed by atoms with Crippen LogP contribution >= 0.6 is 11.6 Å². The van der Waals surface area contributed by atoms with Crippen molar-refractivity contribution in [2.75, 3.05) is 20.2 Å². The van der Waals surface area contributed by atoms with Gasteiger partial charge in [0.15, 0.2) is 0 Å². The molecule has 1 N–H and O–H groups in total. The van der Waals surface area contributed by atoms with Crippen LogP contribution < -0.4 is 10.1 Å². The van der Waals surface area contributed by atoms with Crippen LogP contribution in [0.4, 0.5) is 0 Å². The first-order valence-electron chi connectivity index (χ1n) is 9.88. The summed E-state index contributed by atoms with van der Waals surface area (Å²) < 4.78 is 5.22. The van der Waals surface area contributed by atoms with Gasteiger partial charge in [-0.3, -0.25) is 9.59 Å². The fourth-order valence-electron chi connectivity index (χ4n) is 3.64. The molecule has 2 aromatic rings. The fourth-order valence-corrected chi connectivity index (χ4v) is 3.77. The van der Waals surface area contributed by atoms with E-state index >= 15 is 0 Å². The summed E-state index contributed by atoms with van der Waals surface area (Å²) in [5.74, 6) is 0.811. The normalized spacial score (nSPS) is 17.3. The molecule has 0 radical (unpaired) electrons.